The van der Waals surface area contributed by atoms with E-state index in [0.717, 1.165) is 26.4 Å². The van der Waals surface area contributed by atoms with Gasteiger partial charge in [0.2, 0.25) is 0 Å². The van der Waals surface area contributed by atoms with Crippen molar-refractivity contribution in [2.75, 3.05) is 0 Å². The summed E-state index contributed by atoms with van der Waals surface area (Å²) in [7, 11) is 0. The molecule has 0 saturated carbocycles. The molecule has 0 aliphatic heterocycles. The molecule has 3 aromatic rings. The molecule has 0 aliphatic rings. The number of nitrogens with two attached hydrogens (primary N) is 1. The standard InChI is InChI=1S/C15H14ClN3OS/c1-9-11(7-13(21-9)15(20)18-17)8-19-6-5-10-3-2-4-12(16)14(10)19/h2-7H,8,17H2,1H3,(H,18,20). The second-order valence-corrected chi connectivity index (χ2v) is 6.45. The second-order valence-electron chi connectivity index (χ2n) is 4.79. The van der Waals surface area contributed by atoms with Crippen molar-refractivity contribution in [3.63, 3.8) is 0 Å². The van der Waals surface area contributed by atoms with Crippen LogP contribution in [-0.2, 0) is 6.54 Å². The van der Waals surface area contributed by atoms with Gasteiger partial charge in [-0.3, -0.25) is 10.2 Å². The SMILES string of the molecule is Cc1sc(C(=O)NN)cc1Cn1ccc2cccc(Cl)c21. The van der Waals surface area contributed by atoms with E-state index in [0.29, 0.717) is 11.4 Å². The lowest BCUT2D eigenvalue weighted by molar-refractivity contribution is 0.0957. The predicted molar refractivity (Wildman–Crippen MR) is 86.8 cm³/mol. The Hall–Kier alpha value is -1.82. The number of hydrogen-bond donors (Lipinski definition) is 2. The molecule has 3 N–H and O–H groups in total. The predicted octanol–water partition coefficient (Wildman–Crippen LogP) is 3.32. The van der Waals surface area contributed by atoms with E-state index in [9.17, 15) is 4.79 Å². The van der Waals surface area contributed by atoms with Crippen LogP contribution in [0.5, 0.6) is 0 Å². The van der Waals surface area contributed by atoms with Gasteiger partial charge in [-0.25, -0.2) is 5.84 Å². The van der Waals surface area contributed by atoms with Crippen LogP contribution in [0.3, 0.4) is 0 Å². The number of thiophene rings is 1. The smallest absolute Gasteiger partial charge is 0.275 e. The van der Waals surface area contributed by atoms with Crippen molar-refractivity contribution in [1.82, 2.24) is 9.99 Å². The molecule has 0 aliphatic carbocycles. The molecular weight excluding hydrogens is 306 g/mol. The number of hydrogen-bond acceptors (Lipinski definition) is 3. The first-order chi connectivity index (χ1) is 10.1. The molecule has 0 unspecified atom stereocenters. The van der Waals surface area contributed by atoms with Crippen molar-refractivity contribution >= 4 is 39.7 Å². The first-order valence-electron chi connectivity index (χ1n) is 6.43. The summed E-state index contributed by atoms with van der Waals surface area (Å²) >= 11 is 7.73. The number of benzene rings is 1. The van der Waals surface area contributed by atoms with Crippen LogP contribution in [0.25, 0.3) is 10.9 Å². The molecule has 0 radical (unpaired) electrons. The number of nitrogen functional groups attached to an aromatic ring is 1. The molecule has 2 heterocycles. The highest BCUT2D eigenvalue weighted by atomic mass is 35.5. The Balaban J connectivity index is 1.99. The minimum absolute atomic E-state index is 0.259. The molecule has 1 amide bonds. The third-order valence-corrected chi connectivity index (χ3v) is 4.85. The van der Waals surface area contributed by atoms with Crippen LogP contribution in [-0.4, -0.2) is 10.5 Å². The Kier molecular flexibility index (Phi) is 3.71. The van der Waals surface area contributed by atoms with Crippen LogP contribution in [0.4, 0.5) is 0 Å². The summed E-state index contributed by atoms with van der Waals surface area (Å²) in [5.74, 6) is 4.92. The molecule has 4 nitrogen and oxygen atoms in total. The molecule has 2 aromatic heterocycles. The van der Waals surface area contributed by atoms with E-state index in [1.807, 2.05) is 43.5 Å². The van der Waals surface area contributed by atoms with Gasteiger partial charge in [-0.15, -0.1) is 11.3 Å². The van der Waals surface area contributed by atoms with Gasteiger partial charge in [0, 0.05) is 23.0 Å². The van der Waals surface area contributed by atoms with Gasteiger partial charge in [0.05, 0.1) is 15.4 Å². The van der Waals surface area contributed by atoms with Gasteiger partial charge in [-0.05, 0) is 30.7 Å². The van der Waals surface area contributed by atoms with Crippen LogP contribution in [0, 0.1) is 6.92 Å². The Labute approximate surface area is 131 Å². The summed E-state index contributed by atoms with van der Waals surface area (Å²) in [6.07, 6.45) is 2.01. The number of nitrogens with zero attached hydrogens (tertiary/aromatic N) is 1. The minimum atomic E-state index is -0.259. The summed E-state index contributed by atoms with van der Waals surface area (Å²) in [6, 6.07) is 9.77. The molecule has 0 saturated heterocycles. The maximum atomic E-state index is 11.6. The zero-order valence-corrected chi connectivity index (χ0v) is 13.0. The van der Waals surface area contributed by atoms with E-state index < -0.39 is 0 Å². The van der Waals surface area contributed by atoms with Crippen molar-refractivity contribution < 1.29 is 4.79 Å². The van der Waals surface area contributed by atoms with Gasteiger partial charge in [0.15, 0.2) is 0 Å². The van der Waals surface area contributed by atoms with Crippen LogP contribution in [0.15, 0.2) is 36.5 Å². The quantitative estimate of drug-likeness (QED) is 0.442. The van der Waals surface area contributed by atoms with Gasteiger partial charge < -0.3 is 4.57 Å². The van der Waals surface area contributed by atoms with E-state index in [-0.39, 0.29) is 5.91 Å². The normalized spacial score (nSPS) is 11.0. The van der Waals surface area contributed by atoms with Crippen molar-refractivity contribution in [2.24, 2.45) is 5.84 Å². The third kappa shape index (κ3) is 2.55. The second kappa shape index (κ2) is 5.52. The van der Waals surface area contributed by atoms with Gasteiger partial charge >= 0.3 is 0 Å². The lowest BCUT2D eigenvalue weighted by atomic mass is 10.2. The van der Waals surface area contributed by atoms with E-state index in [1.54, 1.807) is 0 Å². The number of fused-ring (bicyclic) bond motifs is 1. The zero-order valence-electron chi connectivity index (χ0n) is 11.4. The van der Waals surface area contributed by atoms with Crippen LogP contribution >= 0.6 is 22.9 Å². The van der Waals surface area contributed by atoms with E-state index in [1.165, 1.54) is 11.3 Å². The lowest BCUT2D eigenvalue weighted by Gasteiger charge is -2.06. The molecule has 3 rings (SSSR count). The number of aromatic nitrogens is 1. The summed E-state index contributed by atoms with van der Waals surface area (Å²) in [4.78, 5) is 13.3. The molecule has 0 atom stereocenters. The topological polar surface area (TPSA) is 60.1 Å². The lowest BCUT2D eigenvalue weighted by Crippen LogP contribution is -2.29. The zero-order chi connectivity index (χ0) is 15.0. The Morgan fingerprint density at radius 3 is 3.00 bits per heavy atom. The molecule has 0 bridgehead atoms. The number of carbonyl (C=O) groups is 1. The molecular formula is C15H14ClN3OS. The fourth-order valence-corrected chi connectivity index (χ4v) is 3.62. The fourth-order valence-electron chi connectivity index (χ4n) is 2.39. The third-order valence-electron chi connectivity index (χ3n) is 3.46. The van der Waals surface area contributed by atoms with Gasteiger partial charge in [-0.2, -0.15) is 0 Å². The van der Waals surface area contributed by atoms with Crippen LogP contribution in [0.1, 0.15) is 20.1 Å². The number of carbonyl (C=O) groups excluding carboxylic acids is 1. The number of amides is 1. The average molecular weight is 320 g/mol. The van der Waals surface area contributed by atoms with Crippen molar-refractivity contribution in [2.45, 2.75) is 13.5 Å². The largest absolute Gasteiger partial charge is 0.342 e. The molecule has 0 spiro atoms. The van der Waals surface area contributed by atoms with E-state index in [2.05, 4.69) is 9.99 Å². The maximum Gasteiger partial charge on any atom is 0.275 e. The minimum Gasteiger partial charge on any atom is -0.342 e. The van der Waals surface area contributed by atoms with Crippen LogP contribution < -0.4 is 11.3 Å². The molecule has 108 valence electrons. The molecule has 1 aromatic carbocycles. The van der Waals surface area contributed by atoms with Gasteiger partial charge in [0.1, 0.15) is 0 Å². The number of para-hydroxylation sites is 1. The average Bonchev–Trinajstić information content (AvgIpc) is 3.04. The number of hydrazine groups is 1. The Bertz CT molecular complexity index is 822. The number of rotatable bonds is 3. The highest BCUT2D eigenvalue weighted by Crippen LogP contribution is 2.27. The van der Waals surface area contributed by atoms with Gasteiger partial charge in [-0.1, -0.05) is 23.7 Å². The van der Waals surface area contributed by atoms with E-state index in [4.69, 9.17) is 17.4 Å². The highest BCUT2D eigenvalue weighted by molar-refractivity contribution is 7.14. The first-order valence-corrected chi connectivity index (χ1v) is 7.63. The van der Waals surface area contributed by atoms with Crippen LogP contribution in [0.2, 0.25) is 5.02 Å². The molecule has 0 fully saturated rings. The fraction of sp³-hybridized carbons (Fsp3) is 0.133. The summed E-state index contributed by atoms with van der Waals surface area (Å²) in [6.45, 7) is 2.67. The van der Waals surface area contributed by atoms with Crippen molar-refractivity contribution in [3.8, 4) is 0 Å². The van der Waals surface area contributed by atoms with Crippen molar-refractivity contribution in [1.29, 1.82) is 0 Å². The number of nitrogens with one attached hydrogen (secondary N) is 1. The van der Waals surface area contributed by atoms with Gasteiger partial charge in [0.25, 0.3) is 5.91 Å². The summed E-state index contributed by atoms with van der Waals surface area (Å²) in [5.41, 5.74) is 4.27. The molecule has 6 heteroatoms. The Morgan fingerprint density at radius 2 is 2.24 bits per heavy atom. The van der Waals surface area contributed by atoms with Crippen molar-refractivity contribution in [3.05, 3.63) is 56.9 Å². The Morgan fingerprint density at radius 1 is 1.43 bits per heavy atom. The number of aryl methyl sites for hydroxylation is 1. The van der Waals surface area contributed by atoms with E-state index >= 15 is 0 Å². The molecule has 21 heavy (non-hydrogen) atoms. The highest BCUT2D eigenvalue weighted by Gasteiger charge is 2.13. The summed E-state index contributed by atoms with van der Waals surface area (Å²) < 4.78 is 2.09. The first kappa shape index (κ1) is 14.1. The number of halogens is 1. The summed E-state index contributed by atoms with van der Waals surface area (Å²) in [5, 5.41) is 1.83. The monoisotopic (exact) mass is 319 g/mol. The maximum absolute atomic E-state index is 11.6.